The topological polar surface area (TPSA) is 64.2 Å². The van der Waals surface area contributed by atoms with Crippen LogP contribution in [-0.2, 0) is 4.79 Å². The number of amides is 1. The monoisotopic (exact) mass is 383 g/mol. The first-order valence-corrected chi connectivity index (χ1v) is 9.52. The van der Waals surface area contributed by atoms with Gasteiger partial charge >= 0.3 is 0 Å². The predicted molar refractivity (Wildman–Crippen MR) is 108 cm³/mol. The van der Waals surface area contributed by atoms with Gasteiger partial charge in [-0.25, -0.2) is 0 Å². The summed E-state index contributed by atoms with van der Waals surface area (Å²) in [7, 11) is 3.17. The van der Waals surface area contributed by atoms with Crippen LogP contribution in [-0.4, -0.2) is 26.7 Å². The van der Waals surface area contributed by atoms with Gasteiger partial charge in [-0.2, -0.15) is 0 Å². The highest BCUT2D eigenvalue weighted by molar-refractivity contribution is 7.10. The fourth-order valence-electron chi connectivity index (χ4n) is 2.88. The fourth-order valence-corrected chi connectivity index (χ4v) is 3.73. The standard InChI is InChI=1S/C21H22N2O3S/c1-25-16-10-11-18(26-2)17(13-16)23-20(24)14-22-21(19-9-6-12-27-19)15-7-4-3-5-8-15/h3-13,21-22H,14H2,1-2H3,(H,23,24)/p+1/t21-/m0/s1. The summed E-state index contributed by atoms with van der Waals surface area (Å²) >= 11 is 1.69. The summed E-state index contributed by atoms with van der Waals surface area (Å²) in [5, 5.41) is 7.02. The number of hydrogen-bond acceptors (Lipinski definition) is 4. The van der Waals surface area contributed by atoms with Crippen molar-refractivity contribution in [2.75, 3.05) is 26.1 Å². The Morgan fingerprint density at radius 2 is 1.89 bits per heavy atom. The average Bonchev–Trinajstić information content (AvgIpc) is 3.23. The maximum Gasteiger partial charge on any atom is 0.279 e. The lowest BCUT2D eigenvalue weighted by molar-refractivity contribution is -0.675. The zero-order chi connectivity index (χ0) is 19.1. The minimum Gasteiger partial charge on any atom is -0.497 e. The van der Waals surface area contributed by atoms with Crippen molar-refractivity contribution in [1.29, 1.82) is 0 Å². The highest BCUT2D eigenvalue weighted by Crippen LogP contribution is 2.28. The molecule has 1 amide bonds. The average molecular weight is 383 g/mol. The number of ether oxygens (including phenoxy) is 2. The van der Waals surface area contributed by atoms with Crippen LogP contribution in [0.3, 0.4) is 0 Å². The first-order chi connectivity index (χ1) is 13.2. The van der Waals surface area contributed by atoms with Crippen molar-refractivity contribution in [2.45, 2.75) is 6.04 Å². The molecule has 0 saturated carbocycles. The van der Waals surface area contributed by atoms with Gasteiger partial charge in [-0.3, -0.25) is 4.79 Å². The van der Waals surface area contributed by atoms with Crippen LogP contribution >= 0.6 is 11.3 Å². The smallest absolute Gasteiger partial charge is 0.279 e. The summed E-state index contributed by atoms with van der Waals surface area (Å²) in [6, 6.07) is 19.8. The van der Waals surface area contributed by atoms with Crippen LogP contribution in [0.25, 0.3) is 0 Å². The molecule has 1 aromatic heterocycles. The molecular formula is C21H23N2O3S+. The number of rotatable bonds is 8. The molecule has 6 heteroatoms. The second kappa shape index (κ2) is 9.21. The summed E-state index contributed by atoms with van der Waals surface area (Å²) < 4.78 is 10.5. The molecule has 3 rings (SSSR count). The molecule has 0 aliphatic heterocycles. The molecule has 1 atom stereocenters. The van der Waals surface area contributed by atoms with Gasteiger partial charge in [-0.15, -0.1) is 11.3 Å². The van der Waals surface area contributed by atoms with Gasteiger partial charge in [0.1, 0.15) is 17.5 Å². The van der Waals surface area contributed by atoms with Crippen LogP contribution < -0.4 is 20.1 Å². The lowest BCUT2D eigenvalue weighted by Gasteiger charge is -2.15. The SMILES string of the molecule is COc1ccc(OC)c(NC(=O)C[NH2+][C@@H](c2ccccc2)c2cccs2)c1. The summed E-state index contributed by atoms with van der Waals surface area (Å²) in [4.78, 5) is 13.8. The van der Waals surface area contributed by atoms with Crippen molar-refractivity contribution in [3.63, 3.8) is 0 Å². The van der Waals surface area contributed by atoms with Crippen molar-refractivity contribution in [3.8, 4) is 11.5 Å². The second-order valence-electron chi connectivity index (χ2n) is 5.96. The summed E-state index contributed by atoms with van der Waals surface area (Å²) in [5.41, 5.74) is 1.77. The third-order valence-electron chi connectivity index (χ3n) is 4.23. The number of carbonyl (C=O) groups is 1. The quantitative estimate of drug-likeness (QED) is 0.628. The van der Waals surface area contributed by atoms with E-state index in [2.05, 4.69) is 28.9 Å². The molecule has 0 unspecified atom stereocenters. The Labute approximate surface area is 162 Å². The Bertz CT molecular complexity index is 866. The van der Waals surface area contributed by atoms with E-state index in [1.165, 1.54) is 10.4 Å². The number of nitrogens with one attached hydrogen (secondary N) is 1. The number of quaternary nitrogens is 1. The summed E-state index contributed by atoms with van der Waals surface area (Å²) in [6.45, 7) is 0.290. The van der Waals surface area contributed by atoms with Crippen LogP contribution in [0.2, 0.25) is 0 Å². The Hall–Kier alpha value is -2.83. The summed E-state index contributed by atoms with van der Waals surface area (Å²) in [5.74, 6) is 1.16. The van der Waals surface area contributed by atoms with Crippen LogP contribution in [0.4, 0.5) is 5.69 Å². The molecule has 0 bridgehead atoms. The Morgan fingerprint density at radius 1 is 1.07 bits per heavy atom. The lowest BCUT2D eigenvalue weighted by Crippen LogP contribution is -2.87. The number of anilines is 1. The zero-order valence-electron chi connectivity index (χ0n) is 15.3. The van der Waals surface area contributed by atoms with Crippen molar-refractivity contribution < 1.29 is 19.6 Å². The first-order valence-electron chi connectivity index (χ1n) is 8.65. The van der Waals surface area contributed by atoms with Crippen molar-refractivity contribution in [1.82, 2.24) is 0 Å². The predicted octanol–water partition coefficient (Wildman–Crippen LogP) is 3.06. The van der Waals surface area contributed by atoms with E-state index in [1.54, 1.807) is 43.8 Å². The maximum atomic E-state index is 12.6. The number of hydrogen-bond donors (Lipinski definition) is 2. The molecule has 2 aromatic carbocycles. The van der Waals surface area contributed by atoms with E-state index in [4.69, 9.17) is 9.47 Å². The van der Waals surface area contributed by atoms with Crippen LogP contribution in [0.1, 0.15) is 16.5 Å². The molecule has 0 spiro atoms. The molecule has 3 aromatic rings. The Kier molecular flexibility index (Phi) is 6.46. The maximum absolute atomic E-state index is 12.6. The van der Waals surface area contributed by atoms with Crippen molar-refractivity contribution >= 4 is 22.9 Å². The van der Waals surface area contributed by atoms with Crippen LogP contribution in [0.15, 0.2) is 66.0 Å². The minimum absolute atomic E-state index is 0.0872. The molecule has 1 heterocycles. The molecular weight excluding hydrogens is 360 g/mol. The summed E-state index contributed by atoms with van der Waals surface area (Å²) in [6.07, 6.45) is 0. The van der Waals surface area contributed by atoms with Gasteiger partial charge in [0.05, 0.1) is 24.8 Å². The highest BCUT2D eigenvalue weighted by atomic mass is 32.1. The van der Waals surface area contributed by atoms with Crippen LogP contribution in [0.5, 0.6) is 11.5 Å². The van der Waals surface area contributed by atoms with E-state index >= 15 is 0 Å². The number of nitrogens with two attached hydrogens (primary N) is 1. The molecule has 0 aliphatic carbocycles. The number of carbonyl (C=O) groups excluding carboxylic acids is 1. The van der Waals surface area contributed by atoms with Gasteiger partial charge in [0.2, 0.25) is 0 Å². The third-order valence-corrected chi connectivity index (χ3v) is 5.18. The molecule has 0 aliphatic rings. The molecule has 5 nitrogen and oxygen atoms in total. The number of benzene rings is 2. The number of methoxy groups -OCH3 is 2. The number of thiophene rings is 1. The van der Waals surface area contributed by atoms with Gasteiger partial charge in [0.15, 0.2) is 6.54 Å². The Balaban J connectivity index is 1.70. The molecule has 3 N–H and O–H groups in total. The molecule has 27 heavy (non-hydrogen) atoms. The largest absolute Gasteiger partial charge is 0.497 e. The molecule has 140 valence electrons. The van der Waals surface area contributed by atoms with Gasteiger partial charge in [-0.1, -0.05) is 36.4 Å². The van der Waals surface area contributed by atoms with Gasteiger partial charge in [0, 0.05) is 11.6 Å². The van der Waals surface area contributed by atoms with E-state index in [0.29, 0.717) is 17.2 Å². The van der Waals surface area contributed by atoms with E-state index in [-0.39, 0.29) is 18.5 Å². The van der Waals surface area contributed by atoms with E-state index in [1.807, 2.05) is 29.6 Å². The molecule has 0 fully saturated rings. The minimum atomic E-state index is -0.0981. The molecule has 0 saturated heterocycles. The second-order valence-corrected chi connectivity index (χ2v) is 6.94. The fraction of sp³-hybridized carbons (Fsp3) is 0.190. The van der Waals surface area contributed by atoms with E-state index in [0.717, 1.165) is 0 Å². The van der Waals surface area contributed by atoms with Gasteiger partial charge in [0.25, 0.3) is 5.91 Å². The highest BCUT2D eigenvalue weighted by Gasteiger charge is 2.20. The van der Waals surface area contributed by atoms with Crippen molar-refractivity contribution in [2.24, 2.45) is 0 Å². The van der Waals surface area contributed by atoms with E-state index < -0.39 is 0 Å². The normalized spacial score (nSPS) is 11.6. The van der Waals surface area contributed by atoms with E-state index in [9.17, 15) is 4.79 Å². The van der Waals surface area contributed by atoms with Crippen molar-refractivity contribution in [3.05, 3.63) is 76.5 Å². The lowest BCUT2D eigenvalue weighted by atomic mass is 10.1. The van der Waals surface area contributed by atoms with Crippen LogP contribution in [0, 0.1) is 0 Å². The Morgan fingerprint density at radius 3 is 2.56 bits per heavy atom. The van der Waals surface area contributed by atoms with Gasteiger partial charge < -0.3 is 20.1 Å². The first kappa shape index (κ1) is 18.9. The van der Waals surface area contributed by atoms with Gasteiger partial charge in [-0.05, 0) is 23.6 Å². The molecule has 0 radical (unpaired) electrons. The zero-order valence-corrected chi connectivity index (χ0v) is 16.2. The third kappa shape index (κ3) is 4.87.